The van der Waals surface area contributed by atoms with Gasteiger partial charge in [-0.15, -0.1) is 0 Å². The standard InChI is InChI=1S/C10H6ClN3.C7H3BrClN/c11-10-6-9(3-2-8(10)7-12)14-5-1-4-13-14;8-6-2-1-5(4-10)7(9)3-6/h1-6H;1-3H. The molecule has 0 unspecified atom stereocenters. The van der Waals surface area contributed by atoms with E-state index in [-0.39, 0.29) is 0 Å². The second-order valence-corrected chi connectivity index (χ2v) is 6.19. The normalized spacial score (nSPS) is 9.38. The summed E-state index contributed by atoms with van der Waals surface area (Å²) in [6, 6.07) is 16.1. The van der Waals surface area contributed by atoms with Crippen LogP contribution >= 0.6 is 39.1 Å². The molecule has 7 heteroatoms. The van der Waals surface area contributed by atoms with Crippen LogP contribution in [0, 0.1) is 22.7 Å². The molecule has 0 radical (unpaired) electrons. The van der Waals surface area contributed by atoms with Crippen molar-refractivity contribution in [2.24, 2.45) is 0 Å². The van der Waals surface area contributed by atoms with Gasteiger partial charge in [0, 0.05) is 16.9 Å². The summed E-state index contributed by atoms with van der Waals surface area (Å²) in [5.41, 5.74) is 1.83. The fourth-order valence-electron chi connectivity index (χ4n) is 1.74. The lowest BCUT2D eigenvalue weighted by Gasteiger charge is -2.02. The Hall–Kier alpha value is -2.31. The molecule has 0 aliphatic rings. The third kappa shape index (κ3) is 4.59. The van der Waals surface area contributed by atoms with Crippen LogP contribution < -0.4 is 0 Å². The maximum absolute atomic E-state index is 8.68. The Morgan fingerprint density at radius 2 is 1.58 bits per heavy atom. The first kappa shape index (κ1) is 18.0. The Balaban J connectivity index is 0.000000185. The first-order valence-corrected chi connectivity index (χ1v) is 8.15. The van der Waals surface area contributed by atoms with Crippen molar-refractivity contribution in [1.82, 2.24) is 9.78 Å². The summed E-state index contributed by atoms with van der Waals surface area (Å²) in [5, 5.41) is 22.1. The first-order valence-electron chi connectivity index (χ1n) is 6.60. The van der Waals surface area contributed by atoms with Gasteiger partial charge in [-0.05, 0) is 42.5 Å². The SMILES string of the molecule is N#Cc1ccc(-n2cccn2)cc1Cl.N#Cc1ccc(Br)cc1Cl. The quantitative estimate of drug-likeness (QED) is 0.532. The Kier molecular flexibility index (Phi) is 6.40. The molecule has 0 aliphatic carbocycles. The maximum Gasteiger partial charge on any atom is 0.101 e. The number of nitrogens with zero attached hydrogens (tertiary/aromatic N) is 4. The van der Waals surface area contributed by atoms with E-state index in [1.165, 1.54) is 0 Å². The van der Waals surface area contributed by atoms with E-state index in [0.717, 1.165) is 10.2 Å². The third-order valence-corrected chi connectivity index (χ3v) is 4.01. The molecule has 0 atom stereocenters. The average Bonchev–Trinajstić information content (AvgIpc) is 3.10. The smallest absolute Gasteiger partial charge is 0.101 e. The molecule has 3 rings (SSSR count). The largest absolute Gasteiger partial charge is 0.241 e. The monoisotopic (exact) mass is 418 g/mol. The highest BCUT2D eigenvalue weighted by atomic mass is 79.9. The second kappa shape index (κ2) is 8.52. The summed E-state index contributed by atoms with van der Waals surface area (Å²) < 4.78 is 2.57. The number of halogens is 3. The van der Waals surface area contributed by atoms with E-state index in [1.807, 2.05) is 24.4 Å². The minimum Gasteiger partial charge on any atom is -0.241 e. The topological polar surface area (TPSA) is 65.4 Å². The summed E-state index contributed by atoms with van der Waals surface area (Å²) in [7, 11) is 0. The molecule has 24 heavy (non-hydrogen) atoms. The molecular weight excluding hydrogens is 411 g/mol. The number of aromatic nitrogens is 2. The molecule has 0 N–H and O–H groups in total. The van der Waals surface area contributed by atoms with E-state index in [0.29, 0.717) is 21.2 Å². The van der Waals surface area contributed by atoms with Gasteiger partial charge < -0.3 is 0 Å². The molecule has 0 aliphatic heterocycles. The van der Waals surface area contributed by atoms with Crippen LogP contribution in [0.2, 0.25) is 10.0 Å². The average molecular weight is 420 g/mol. The molecular formula is C17H9BrCl2N4. The van der Waals surface area contributed by atoms with Crippen molar-refractivity contribution in [1.29, 1.82) is 10.5 Å². The van der Waals surface area contributed by atoms with Crippen LogP contribution in [0.3, 0.4) is 0 Å². The summed E-state index contributed by atoms with van der Waals surface area (Å²) in [6.07, 6.45) is 3.50. The summed E-state index contributed by atoms with van der Waals surface area (Å²) in [6.45, 7) is 0. The van der Waals surface area contributed by atoms with Crippen molar-refractivity contribution < 1.29 is 0 Å². The van der Waals surface area contributed by atoms with Crippen LogP contribution in [0.4, 0.5) is 0 Å². The van der Waals surface area contributed by atoms with Crippen molar-refractivity contribution in [2.45, 2.75) is 0 Å². The lowest BCUT2D eigenvalue weighted by molar-refractivity contribution is 0.880. The number of nitriles is 2. The van der Waals surface area contributed by atoms with E-state index in [1.54, 1.807) is 47.3 Å². The van der Waals surface area contributed by atoms with Gasteiger partial charge in [0.05, 0.1) is 26.9 Å². The van der Waals surface area contributed by atoms with E-state index in [4.69, 9.17) is 33.7 Å². The molecule has 3 aromatic rings. The zero-order chi connectivity index (χ0) is 17.5. The number of rotatable bonds is 1. The van der Waals surface area contributed by atoms with Crippen molar-refractivity contribution in [3.8, 4) is 17.8 Å². The second-order valence-electron chi connectivity index (χ2n) is 4.46. The minimum atomic E-state index is 0.445. The van der Waals surface area contributed by atoms with Gasteiger partial charge in [0.1, 0.15) is 12.1 Å². The van der Waals surface area contributed by atoms with Crippen molar-refractivity contribution in [3.63, 3.8) is 0 Å². The Morgan fingerprint density at radius 3 is 2.08 bits per heavy atom. The predicted molar refractivity (Wildman–Crippen MR) is 97.2 cm³/mol. The van der Waals surface area contributed by atoms with Gasteiger partial charge in [0.15, 0.2) is 0 Å². The fourth-order valence-corrected chi connectivity index (χ4v) is 2.67. The molecule has 118 valence electrons. The van der Waals surface area contributed by atoms with Gasteiger partial charge in [-0.3, -0.25) is 0 Å². The van der Waals surface area contributed by atoms with E-state index >= 15 is 0 Å². The molecule has 4 nitrogen and oxygen atoms in total. The van der Waals surface area contributed by atoms with Gasteiger partial charge in [0.25, 0.3) is 0 Å². The third-order valence-electron chi connectivity index (χ3n) is 2.89. The van der Waals surface area contributed by atoms with Crippen LogP contribution in [0.25, 0.3) is 5.69 Å². The fraction of sp³-hybridized carbons (Fsp3) is 0. The molecule has 1 aromatic heterocycles. The van der Waals surface area contributed by atoms with Crippen LogP contribution in [-0.2, 0) is 0 Å². The summed E-state index contributed by atoms with van der Waals surface area (Å²) in [4.78, 5) is 0. The van der Waals surface area contributed by atoms with E-state index < -0.39 is 0 Å². The molecule has 2 aromatic carbocycles. The van der Waals surface area contributed by atoms with Crippen LogP contribution in [-0.4, -0.2) is 9.78 Å². The molecule has 0 saturated carbocycles. The van der Waals surface area contributed by atoms with E-state index in [9.17, 15) is 0 Å². The zero-order valence-electron chi connectivity index (χ0n) is 12.1. The lowest BCUT2D eigenvalue weighted by Crippen LogP contribution is -1.94. The minimum absolute atomic E-state index is 0.445. The van der Waals surface area contributed by atoms with Crippen molar-refractivity contribution in [3.05, 3.63) is 80.5 Å². The molecule has 0 spiro atoms. The maximum atomic E-state index is 8.68. The highest BCUT2D eigenvalue weighted by Gasteiger charge is 2.02. The van der Waals surface area contributed by atoms with Gasteiger partial charge in [-0.2, -0.15) is 15.6 Å². The zero-order valence-corrected chi connectivity index (χ0v) is 15.2. The number of hydrogen-bond acceptors (Lipinski definition) is 3. The van der Waals surface area contributed by atoms with Crippen LogP contribution in [0.5, 0.6) is 0 Å². The predicted octanol–water partition coefficient (Wildman–Crippen LogP) is 5.37. The first-order chi connectivity index (χ1) is 11.5. The summed E-state index contributed by atoms with van der Waals surface area (Å²) >= 11 is 14.8. The number of hydrogen-bond donors (Lipinski definition) is 0. The van der Waals surface area contributed by atoms with Gasteiger partial charge in [-0.25, -0.2) is 4.68 Å². The molecule has 0 amide bonds. The highest BCUT2D eigenvalue weighted by Crippen LogP contribution is 2.20. The molecule has 0 fully saturated rings. The van der Waals surface area contributed by atoms with Gasteiger partial charge in [-0.1, -0.05) is 39.1 Å². The van der Waals surface area contributed by atoms with Crippen molar-refractivity contribution in [2.75, 3.05) is 0 Å². The van der Waals surface area contributed by atoms with Crippen LogP contribution in [0.15, 0.2) is 59.3 Å². The summed E-state index contributed by atoms with van der Waals surface area (Å²) in [5.74, 6) is 0. The van der Waals surface area contributed by atoms with E-state index in [2.05, 4.69) is 21.0 Å². The van der Waals surface area contributed by atoms with Crippen molar-refractivity contribution >= 4 is 39.1 Å². The highest BCUT2D eigenvalue weighted by molar-refractivity contribution is 9.10. The number of benzene rings is 2. The van der Waals surface area contributed by atoms with Crippen LogP contribution in [0.1, 0.15) is 11.1 Å². The Bertz CT molecular complexity index is 925. The molecule has 0 saturated heterocycles. The Morgan fingerprint density at radius 1 is 0.958 bits per heavy atom. The molecule has 0 bridgehead atoms. The Labute approximate surface area is 157 Å². The molecule has 1 heterocycles. The lowest BCUT2D eigenvalue weighted by atomic mass is 10.2. The van der Waals surface area contributed by atoms with Gasteiger partial charge in [0.2, 0.25) is 0 Å². The van der Waals surface area contributed by atoms with Gasteiger partial charge >= 0.3 is 0 Å².